The lowest BCUT2D eigenvalue weighted by atomic mass is 10.0. The molecule has 0 bridgehead atoms. The quantitative estimate of drug-likeness (QED) is 0.274. The molecule has 3 nitrogen and oxygen atoms in total. The van der Waals surface area contributed by atoms with Crippen LogP contribution >= 0.6 is 0 Å². The Bertz CT molecular complexity index is 277. The standard InChI is InChI=1S/C20H39NO2/c1-2-3-4-5-6-7-8-9-10-11-12-13-14-15-16-17-19(22)21-20-18-23-20/h20H,2-18H2,1H3,(H,21,22). The summed E-state index contributed by atoms with van der Waals surface area (Å²) in [6.45, 7) is 2.98. The summed E-state index contributed by atoms with van der Waals surface area (Å²) in [5, 5.41) is 2.84. The van der Waals surface area contributed by atoms with E-state index in [2.05, 4.69) is 12.2 Å². The number of epoxide rings is 1. The molecule has 1 amide bonds. The van der Waals surface area contributed by atoms with E-state index in [9.17, 15) is 4.79 Å². The maximum absolute atomic E-state index is 11.4. The topological polar surface area (TPSA) is 41.6 Å². The molecular weight excluding hydrogens is 286 g/mol. The fourth-order valence-corrected chi connectivity index (χ4v) is 3.04. The molecule has 1 heterocycles. The Balaban J connectivity index is 1.66. The minimum absolute atomic E-state index is 0.0267. The molecular formula is C20H39NO2. The summed E-state index contributed by atoms with van der Waals surface area (Å²) in [6.07, 6.45) is 21.1. The van der Waals surface area contributed by atoms with Crippen LogP contribution in [0.2, 0.25) is 0 Å². The number of hydrogen-bond acceptors (Lipinski definition) is 2. The van der Waals surface area contributed by atoms with Gasteiger partial charge in [0.05, 0.1) is 6.61 Å². The van der Waals surface area contributed by atoms with Crippen LogP contribution in [0.25, 0.3) is 0 Å². The zero-order valence-electron chi connectivity index (χ0n) is 15.4. The first-order valence-corrected chi connectivity index (χ1v) is 10.2. The molecule has 0 radical (unpaired) electrons. The zero-order valence-corrected chi connectivity index (χ0v) is 15.4. The van der Waals surface area contributed by atoms with Crippen LogP contribution in [0.4, 0.5) is 0 Å². The van der Waals surface area contributed by atoms with Gasteiger partial charge in [-0.15, -0.1) is 0 Å². The Morgan fingerprint density at radius 3 is 1.57 bits per heavy atom. The molecule has 0 aromatic carbocycles. The Labute approximate surface area is 143 Å². The van der Waals surface area contributed by atoms with Gasteiger partial charge in [0.15, 0.2) is 6.23 Å². The average molecular weight is 326 g/mol. The molecule has 136 valence electrons. The first kappa shape index (κ1) is 20.5. The summed E-state index contributed by atoms with van der Waals surface area (Å²) in [5.74, 6) is 0.155. The number of carbonyl (C=O) groups excluding carboxylic acids is 1. The monoisotopic (exact) mass is 325 g/mol. The molecule has 3 heteroatoms. The van der Waals surface area contributed by atoms with Crippen molar-refractivity contribution in [2.75, 3.05) is 6.61 Å². The molecule has 0 aliphatic carbocycles. The van der Waals surface area contributed by atoms with Gasteiger partial charge >= 0.3 is 0 Å². The average Bonchev–Trinajstić information content (AvgIpc) is 3.35. The zero-order chi connectivity index (χ0) is 16.6. The van der Waals surface area contributed by atoms with Crippen LogP contribution in [0.3, 0.4) is 0 Å². The normalized spacial score (nSPS) is 16.5. The molecule has 1 aliphatic rings. The highest BCUT2D eigenvalue weighted by molar-refractivity contribution is 5.76. The van der Waals surface area contributed by atoms with Gasteiger partial charge in [0.1, 0.15) is 0 Å². The maximum Gasteiger partial charge on any atom is 0.222 e. The second-order valence-electron chi connectivity index (χ2n) is 7.09. The molecule has 1 fully saturated rings. The first-order chi connectivity index (χ1) is 11.3. The molecule has 0 aromatic rings. The van der Waals surface area contributed by atoms with Gasteiger partial charge in [0, 0.05) is 6.42 Å². The van der Waals surface area contributed by atoms with Crippen molar-refractivity contribution in [1.29, 1.82) is 0 Å². The molecule has 0 spiro atoms. The second-order valence-corrected chi connectivity index (χ2v) is 7.09. The lowest BCUT2D eigenvalue weighted by Gasteiger charge is -2.04. The van der Waals surface area contributed by atoms with E-state index in [1.807, 2.05) is 0 Å². The highest BCUT2D eigenvalue weighted by Crippen LogP contribution is 2.13. The summed E-state index contributed by atoms with van der Waals surface area (Å²) in [4.78, 5) is 11.4. The molecule has 0 aromatic heterocycles. The van der Waals surface area contributed by atoms with Crippen molar-refractivity contribution in [3.63, 3.8) is 0 Å². The lowest BCUT2D eigenvalue weighted by molar-refractivity contribution is -0.121. The van der Waals surface area contributed by atoms with E-state index in [-0.39, 0.29) is 12.1 Å². The molecule has 1 rings (SSSR count). The Hall–Kier alpha value is -0.570. The van der Waals surface area contributed by atoms with Crippen LogP contribution in [-0.2, 0) is 9.53 Å². The number of unbranched alkanes of at least 4 members (excludes halogenated alkanes) is 14. The largest absolute Gasteiger partial charge is 0.351 e. The fourth-order valence-electron chi connectivity index (χ4n) is 3.04. The van der Waals surface area contributed by atoms with Crippen LogP contribution in [0.15, 0.2) is 0 Å². The first-order valence-electron chi connectivity index (χ1n) is 10.2. The SMILES string of the molecule is CCCCCCCCCCCCCCCCCC(=O)NC1CO1. The van der Waals surface area contributed by atoms with Gasteiger partial charge in [-0.25, -0.2) is 0 Å². The van der Waals surface area contributed by atoms with Crippen molar-refractivity contribution in [3.05, 3.63) is 0 Å². The fraction of sp³-hybridized carbons (Fsp3) is 0.950. The molecule has 1 N–H and O–H groups in total. The predicted molar refractivity (Wildman–Crippen MR) is 97.4 cm³/mol. The number of nitrogens with one attached hydrogen (secondary N) is 1. The molecule has 1 atom stereocenters. The number of amides is 1. The van der Waals surface area contributed by atoms with Crippen LogP contribution in [0.5, 0.6) is 0 Å². The van der Waals surface area contributed by atoms with Gasteiger partial charge in [-0.2, -0.15) is 0 Å². The third-order valence-corrected chi connectivity index (χ3v) is 4.66. The van der Waals surface area contributed by atoms with Gasteiger partial charge in [0.25, 0.3) is 0 Å². The summed E-state index contributed by atoms with van der Waals surface area (Å²) in [7, 11) is 0. The molecule has 1 unspecified atom stereocenters. The van der Waals surface area contributed by atoms with Crippen molar-refractivity contribution in [2.45, 2.75) is 116 Å². The lowest BCUT2D eigenvalue weighted by Crippen LogP contribution is -2.25. The van der Waals surface area contributed by atoms with E-state index in [0.29, 0.717) is 13.0 Å². The van der Waals surface area contributed by atoms with Crippen LogP contribution in [-0.4, -0.2) is 18.7 Å². The van der Waals surface area contributed by atoms with Crippen LogP contribution < -0.4 is 5.32 Å². The molecule has 23 heavy (non-hydrogen) atoms. The van der Waals surface area contributed by atoms with E-state index >= 15 is 0 Å². The van der Waals surface area contributed by atoms with Gasteiger partial charge in [-0.1, -0.05) is 96.8 Å². The van der Waals surface area contributed by atoms with Crippen LogP contribution in [0, 0.1) is 0 Å². The molecule has 1 aliphatic heterocycles. The number of hydrogen-bond donors (Lipinski definition) is 1. The third-order valence-electron chi connectivity index (χ3n) is 4.66. The van der Waals surface area contributed by atoms with Gasteiger partial charge in [0.2, 0.25) is 5.91 Å². The summed E-state index contributed by atoms with van der Waals surface area (Å²) in [6, 6.07) is 0. The minimum atomic E-state index is 0.0267. The van der Waals surface area contributed by atoms with E-state index < -0.39 is 0 Å². The summed E-state index contributed by atoms with van der Waals surface area (Å²) >= 11 is 0. The van der Waals surface area contributed by atoms with E-state index in [1.165, 1.54) is 89.9 Å². The molecule has 1 saturated heterocycles. The van der Waals surface area contributed by atoms with Crippen molar-refractivity contribution >= 4 is 5.91 Å². The highest BCUT2D eigenvalue weighted by atomic mass is 16.6. The maximum atomic E-state index is 11.4. The summed E-state index contributed by atoms with van der Waals surface area (Å²) in [5.41, 5.74) is 0. The highest BCUT2D eigenvalue weighted by Gasteiger charge is 2.23. The Morgan fingerprint density at radius 2 is 1.17 bits per heavy atom. The second kappa shape index (κ2) is 15.0. The van der Waals surface area contributed by atoms with E-state index in [4.69, 9.17) is 4.74 Å². The number of rotatable bonds is 17. The predicted octanol–water partition coefficient (Wildman–Crippen LogP) is 5.72. The van der Waals surface area contributed by atoms with Crippen molar-refractivity contribution < 1.29 is 9.53 Å². The number of ether oxygens (including phenoxy) is 1. The van der Waals surface area contributed by atoms with Gasteiger partial charge in [-0.05, 0) is 6.42 Å². The Morgan fingerprint density at radius 1 is 0.783 bits per heavy atom. The third kappa shape index (κ3) is 14.7. The van der Waals surface area contributed by atoms with Crippen molar-refractivity contribution in [2.24, 2.45) is 0 Å². The Kier molecular flexibility index (Phi) is 13.3. The van der Waals surface area contributed by atoms with E-state index in [1.54, 1.807) is 0 Å². The minimum Gasteiger partial charge on any atom is -0.351 e. The smallest absolute Gasteiger partial charge is 0.222 e. The van der Waals surface area contributed by atoms with Crippen LogP contribution in [0.1, 0.15) is 110 Å². The van der Waals surface area contributed by atoms with Gasteiger partial charge < -0.3 is 10.1 Å². The van der Waals surface area contributed by atoms with Gasteiger partial charge in [-0.3, -0.25) is 4.79 Å². The van der Waals surface area contributed by atoms with Crippen molar-refractivity contribution in [1.82, 2.24) is 5.32 Å². The number of carbonyl (C=O) groups is 1. The molecule has 0 saturated carbocycles. The van der Waals surface area contributed by atoms with E-state index in [0.717, 1.165) is 6.42 Å². The van der Waals surface area contributed by atoms with Crippen molar-refractivity contribution in [3.8, 4) is 0 Å². The summed E-state index contributed by atoms with van der Waals surface area (Å²) < 4.78 is 4.98.